The van der Waals surface area contributed by atoms with Gasteiger partial charge in [0.1, 0.15) is 12.4 Å². The minimum atomic E-state index is -0.150. The number of hydrogen-bond donors (Lipinski definition) is 1. The predicted octanol–water partition coefficient (Wildman–Crippen LogP) is 4.91. The first-order chi connectivity index (χ1) is 12.2. The topological polar surface area (TPSA) is 50.7 Å². The summed E-state index contributed by atoms with van der Waals surface area (Å²) in [7, 11) is 0. The summed E-state index contributed by atoms with van der Waals surface area (Å²) in [6.45, 7) is 4.08. The van der Waals surface area contributed by atoms with Gasteiger partial charge in [0.25, 0.3) is 5.91 Å². The third kappa shape index (κ3) is 4.61. The molecule has 1 aliphatic heterocycles. The molecule has 25 heavy (non-hydrogen) atoms. The summed E-state index contributed by atoms with van der Waals surface area (Å²) in [5.41, 5.74) is 1.70. The van der Waals surface area contributed by atoms with E-state index in [0.29, 0.717) is 16.7 Å². The molecular formula is C19H15BrN2O2S. The first kappa shape index (κ1) is 17.5. The SMILES string of the molecule is C=CCOc1ccc(/C=C2\SC(=Nc3ccccc3Br)NC2=O)cc1. The molecule has 0 aromatic heterocycles. The number of nitrogens with one attached hydrogen (secondary N) is 1. The van der Waals surface area contributed by atoms with Crippen LogP contribution in [-0.4, -0.2) is 17.7 Å². The molecule has 1 saturated heterocycles. The Hall–Kier alpha value is -2.31. The number of carbonyl (C=O) groups is 1. The monoisotopic (exact) mass is 414 g/mol. The van der Waals surface area contributed by atoms with Crippen LogP contribution in [-0.2, 0) is 4.79 Å². The Morgan fingerprint density at radius 1 is 1.20 bits per heavy atom. The van der Waals surface area contributed by atoms with E-state index in [1.807, 2.05) is 54.6 Å². The number of carbonyl (C=O) groups excluding carboxylic acids is 1. The van der Waals surface area contributed by atoms with E-state index in [-0.39, 0.29) is 5.91 Å². The van der Waals surface area contributed by atoms with Crippen molar-refractivity contribution in [3.8, 4) is 5.75 Å². The van der Waals surface area contributed by atoms with Crippen molar-refractivity contribution >= 4 is 50.5 Å². The van der Waals surface area contributed by atoms with Crippen molar-refractivity contribution < 1.29 is 9.53 Å². The second kappa shape index (κ2) is 8.18. The lowest BCUT2D eigenvalue weighted by Crippen LogP contribution is -2.19. The Labute approximate surface area is 158 Å². The zero-order chi connectivity index (χ0) is 17.6. The molecule has 6 heteroatoms. The van der Waals surface area contributed by atoms with Crippen molar-refractivity contribution in [2.24, 2.45) is 4.99 Å². The molecule has 1 N–H and O–H groups in total. The van der Waals surface area contributed by atoms with Crippen molar-refractivity contribution in [3.63, 3.8) is 0 Å². The first-order valence-corrected chi connectivity index (χ1v) is 9.14. The third-order valence-electron chi connectivity index (χ3n) is 3.27. The van der Waals surface area contributed by atoms with E-state index in [1.165, 1.54) is 11.8 Å². The molecule has 0 saturated carbocycles. The fraction of sp³-hybridized carbons (Fsp3) is 0.0526. The molecule has 0 atom stereocenters. The standard InChI is InChI=1S/C19H15BrN2O2S/c1-2-11-24-14-9-7-13(8-10-14)12-17-18(23)22-19(25-17)21-16-6-4-3-5-15(16)20/h2-10,12H,1,11H2,(H,21,22,23)/b17-12-. The maximum absolute atomic E-state index is 12.1. The minimum Gasteiger partial charge on any atom is -0.490 e. The van der Waals surface area contributed by atoms with Crippen LogP contribution in [0.25, 0.3) is 6.08 Å². The Bertz CT molecular complexity index is 860. The summed E-state index contributed by atoms with van der Waals surface area (Å²) in [6.07, 6.45) is 3.53. The molecule has 0 bridgehead atoms. The number of ether oxygens (including phenoxy) is 1. The Kier molecular flexibility index (Phi) is 5.73. The molecule has 126 valence electrons. The highest BCUT2D eigenvalue weighted by Gasteiger charge is 2.23. The summed E-state index contributed by atoms with van der Waals surface area (Å²) in [4.78, 5) is 17.2. The first-order valence-electron chi connectivity index (χ1n) is 7.53. The van der Waals surface area contributed by atoms with Gasteiger partial charge in [0.15, 0.2) is 5.17 Å². The van der Waals surface area contributed by atoms with E-state index in [1.54, 1.807) is 6.08 Å². The average Bonchev–Trinajstić information content (AvgIpc) is 2.95. The van der Waals surface area contributed by atoms with Crippen LogP contribution in [0.2, 0.25) is 0 Å². The van der Waals surface area contributed by atoms with Gasteiger partial charge in [0.2, 0.25) is 0 Å². The largest absolute Gasteiger partial charge is 0.490 e. The number of halogens is 1. The van der Waals surface area contributed by atoms with Gasteiger partial charge >= 0.3 is 0 Å². The maximum atomic E-state index is 12.1. The normalized spacial score (nSPS) is 16.9. The molecule has 0 unspecified atom stereocenters. The number of hydrogen-bond acceptors (Lipinski definition) is 4. The van der Waals surface area contributed by atoms with Crippen LogP contribution in [0.1, 0.15) is 5.56 Å². The van der Waals surface area contributed by atoms with Gasteiger partial charge in [0, 0.05) is 4.47 Å². The van der Waals surface area contributed by atoms with Gasteiger partial charge < -0.3 is 10.1 Å². The number of thioether (sulfide) groups is 1. The summed E-state index contributed by atoms with van der Waals surface area (Å²) in [6, 6.07) is 15.2. The number of nitrogens with zero attached hydrogens (tertiary/aromatic N) is 1. The van der Waals surface area contributed by atoms with Crippen LogP contribution in [0.15, 0.2) is 75.6 Å². The summed E-state index contributed by atoms with van der Waals surface area (Å²) < 4.78 is 6.33. The molecule has 0 spiro atoms. The van der Waals surface area contributed by atoms with Gasteiger partial charge in [-0.05, 0) is 63.6 Å². The van der Waals surface area contributed by atoms with Crippen LogP contribution in [0.3, 0.4) is 0 Å². The minimum absolute atomic E-state index is 0.150. The van der Waals surface area contributed by atoms with Crippen LogP contribution in [0.5, 0.6) is 5.75 Å². The van der Waals surface area contributed by atoms with Crippen LogP contribution < -0.4 is 10.1 Å². The molecule has 0 aliphatic carbocycles. The van der Waals surface area contributed by atoms with Crippen molar-refractivity contribution in [1.82, 2.24) is 5.32 Å². The predicted molar refractivity (Wildman–Crippen MR) is 107 cm³/mol. The molecule has 4 nitrogen and oxygen atoms in total. The van der Waals surface area contributed by atoms with E-state index < -0.39 is 0 Å². The molecule has 2 aromatic carbocycles. The number of aliphatic imine (C=N–C) groups is 1. The third-order valence-corrected chi connectivity index (χ3v) is 4.85. The van der Waals surface area contributed by atoms with Gasteiger partial charge in [-0.3, -0.25) is 4.79 Å². The van der Waals surface area contributed by atoms with Crippen LogP contribution >= 0.6 is 27.7 Å². The molecule has 1 amide bonds. The van der Waals surface area contributed by atoms with Gasteiger partial charge in [0.05, 0.1) is 10.6 Å². The Morgan fingerprint density at radius 2 is 1.96 bits per heavy atom. The molecule has 1 aliphatic rings. The maximum Gasteiger partial charge on any atom is 0.264 e. The van der Waals surface area contributed by atoms with E-state index in [9.17, 15) is 4.79 Å². The van der Waals surface area contributed by atoms with Crippen LogP contribution in [0, 0.1) is 0 Å². The Morgan fingerprint density at radius 3 is 2.68 bits per heavy atom. The number of para-hydroxylation sites is 1. The lowest BCUT2D eigenvalue weighted by atomic mass is 10.2. The lowest BCUT2D eigenvalue weighted by molar-refractivity contribution is -0.115. The van der Waals surface area contributed by atoms with Gasteiger partial charge in [-0.25, -0.2) is 4.99 Å². The van der Waals surface area contributed by atoms with Crippen molar-refractivity contribution in [2.45, 2.75) is 0 Å². The van der Waals surface area contributed by atoms with E-state index in [4.69, 9.17) is 4.74 Å². The van der Waals surface area contributed by atoms with Crippen LogP contribution in [0.4, 0.5) is 5.69 Å². The quantitative estimate of drug-likeness (QED) is 0.558. The lowest BCUT2D eigenvalue weighted by Gasteiger charge is -2.03. The summed E-state index contributed by atoms with van der Waals surface area (Å²) in [5.74, 6) is 0.615. The fourth-order valence-electron chi connectivity index (χ4n) is 2.10. The number of amidine groups is 1. The number of amides is 1. The highest BCUT2D eigenvalue weighted by molar-refractivity contribution is 9.10. The zero-order valence-corrected chi connectivity index (χ0v) is 15.6. The fourth-order valence-corrected chi connectivity index (χ4v) is 3.31. The highest BCUT2D eigenvalue weighted by atomic mass is 79.9. The Balaban J connectivity index is 1.75. The van der Waals surface area contributed by atoms with E-state index in [2.05, 4.69) is 32.8 Å². The van der Waals surface area contributed by atoms with E-state index >= 15 is 0 Å². The summed E-state index contributed by atoms with van der Waals surface area (Å²) in [5, 5.41) is 3.35. The van der Waals surface area contributed by atoms with Gasteiger partial charge in [-0.2, -0.15) is 0 Å². The molecule has 0 radical (unpaired) electrons. The molecule has 1 fully saturated rings. The van der Waals surface area contributed by atoms with Gasteiger partial charge in [-0.15, -0.1) is 0 Å². The highest BCUT2D eigenvalue weighted by Crippen LogP contribution is 2.31. The molecule has 2 aromatic rings. The average molecular weight is 415 g/mol. The molecule has 3 rings (SSSR count). The number of benzene rings is 2. The van der Waals surface area contributed by atoms with E-state index in [0.717, 1.165) is 21.5 Å². The van der Waals surface area contributed by atoms with Crippen molar-refractivity contribution in [2.75, 3.05) is 6.61 Å². The molecule has 1 heterocycles. The smallest absolute Gasteiger partial charge is 0.264 e. The van der Waals surface area contributed by atoms with Crippen molar-refractivity contribution in [1.29, 1.82) is 0 Å². The second-order valence-corrected chi connectivity index (χ2v) is 6.99. The number of rotatable bonds is 5. The second-order valence-electron chi connectivity index (χ2n) is 5.10. The van der Waals surface area contributed by atoms with Crippen molar-refractivity contribution in [3.05, 3.63) is 76.1 Å². The molecular weight excluding hydrogens is 400 g/mol. The zero-order valence-electron chi connectivity index (χ0n) is 13.2. The summed E-state index contributed by atoms with van der Waals surface area (Å²) >= 11 is 4.77. The van der Waals surface area contributed by atoms with Gasteiger partial charge in [-0.1, -0.05) is 36.9 Å².